The number of rotatable bonds is 4. The summed E-state index contributed by atoms with van der Waals surface area (Å²) in [5.74, 6) is 0.827. The Balaban J connectivity index is 2.05. The number of nitrogens with one attached hydrogen (secondary N) is 1. The minimum absolute atomic E-state index is 0.732. The normalized spacial score (nSPS) is 16.6. The standard InChI is InChI=1S/C12H17NO/c1-14-9-12-5-3-2-4-11(12)6-10-7-13-8-10/h2-5,10,13H,6-9H2,1H3. The van der Waals surface area contributed by atoms with Crippen LogP contribution in [-0.4, -0.2) is 20.2 Å². The molecule has 0 atom stereocenters. The maximum atomic E-state index is 5.19. The van der Waals surface area contributed by atoms with Crippen LogP contribution in [-0.2, 0) is 17.8 Å². The highest BCUT2D eigenvalue weighted by atomic mass is 16.5. The zero-order valence-corrected chi connectivity index (χ0v) is 8.62. The van der Waals surface area contributed by atoms with Crippen LogP contribution >= 0.6 is 0 Å². The highest BCUT2D eigenvalue weighted by molar-refractivity contribution is 5.27. The van der Waals surface area contributed by atoms with Crippen molar-refractivity contribution in [3.63, 3.8) is 0 Å². The van der Waals surface area contributed by atoms with E-state index in [-0.39, 0.29) is 0 Å². The molecule has 2 nitrogen and oxygen atoms in total. The summed E-state index contributed by atoms with van der Waals surface area (Å²) < 4.78 is 5.19. The molecule has 1 N–H and O–H groups in total. The minimum Gasteiger partial charge on any atom is -0.380 e. The van der Waals surface area contributed by atoms with Gasteiger partial charge in [0.1, 0.15) is 0 Å². The van der Waals surface area contributed by atoms with E-state index in [0.29, 0.717) is 0 Å². The van der Waals surface area contributed by atoms with Crippen LogP contribution < -0.4 is 5.32 Å². The third-order valence-corrected chi connectivity index (χ3v) is 2.79. The van der Waals surface area contributed by atoms with E-state index in [0.717, 1.165) is 12.5 Å². The minimum atomic E-state index is 0.732. The van der Waals surface area contributed by atoms with Crippen molar-refractivity contribution in [1.29, 1.82) is 0 Å². The fourth-order valence-corrected chi connectivity index (χ4v) is 1.86. The van der Waals surface area contributed by atoms with E-state index in [4.69, 9.17) is 4.74 Å². The molecule has 14 heavy (non-hydrogen) atoms. The largest absolute Gasteiger partial charge is 0.380 e. The van der Waals surface area contributed by atoms with Gasteiger partial charge in [-0.1, -0.05) is 24.3 Å². The second-order valence-corrected chi connectivity index (χ2v) is 3.93. The molecule has 2 heteroatoms. The van der Waals surface area contributed by atoms with Crippen molar-refractivity contribution in [2.75, 3.05) is 20.2 Å². The smallest absolute Gasteiger partial charge is 0.0715 e. The number of ether oxygens (including phenoxy) is 1. The Bertz CT molecular complexity index is 294. The van der Waals surface area contributed by atoms with E-state index in [1.54, 1.807) is 7.11 Å². The van der Waals surface area contributed by atoms with Crippen molar-refractivity contribution in [2.24, 2.45) is 5.92 Å². The number of methoxy groups -OCH3 is 1. The van der Waals surface area contributed by atoms with Crippen LogP contribution in [0.5, 0.6) is 0 Å². The van der Waals surface area contributed by atoms with E-state index < -0.39 is 0 Å². The molecule has 1 aliphatic rings. The number of hydrogen-bond donors (Lipinski definition) is 1. The number of benzene rings is 1. The van der Waals surface area contributed by atoms with Crippen LogP contribution in [0.25, 0.3) is 0 Å². The van der Waals surface area contributed by atoms with Crippen molar-refractivity contribution in [2.45, 2.75) is 13.0 Å². The zero-order valence-electron chi connectivity index (χ0n) is 8.62. The summed E-state index contributed by atoms with van der Waals surface area (Å²) in [5.41, 5.74) is 2.78. The topological polar surface area (TPSA) is 21.3 Å². The van der Waals surface area contributed by atoms with Gasteiger partial charge < -0.3 is 10.1 Å². The molecule has 0 unspecified atom stereocenters. The Morgan fingerprint density at radius 3 is 2.57 bits per heavy atom. The van der Waals surface area contributed by atoms with E-state index in [1.807, 2.05) is 0 Å². The Morgan fingerprint density at radius 1 is 1.29 bits per heavy atom. The van der Waals surface area contributed by atoms with E-state index in [1.165, 1.54) is 30.6 Å². The van der Waals surface area contributed by atoms with Gasteiger partial charge in [0.05, 0.1) is 6.61 Å². The van der Waals surface area contributed by atoms with E-state index in [2.05, 4.69) is 29.6 Å². The summed E-state index contributed by atoms with van der Waals surface area (Å²) in [5, 5.41) is 3.30. The summed E-state index contributed by atoms with van der Waals surface area (Å²) in [4.78, 5) is 0. The van der Waals surface area contributed by atoms with Crippen molar-refractivity contribution in [3.8, 4) is 0 Å². The molecular formula is C12H17NO. The molecule has 0 radical (unpaired) electrons. The van der Waals surface area contributed by atoms with Crippen LogP contribution in [0, 0.1) is 5.92 Å². The lowest BCUT2D eigenvalue weighted by Gasteiger charge is -2.27. The van der Waals surface area contributed by atoms with Gasteiger partial charge in [0.25, 0.3) is 0 Å². The van der Waals surface area contributed by atoms with E-state index in [9.17, 15) is 0 Å². The average Bonchev–Trinajstić information content (AvgIpc) is 2.14. The van der Waals surface area contributed by atoms with Gasteiger partial charge in [-0.15, -0.1) is 0 Å². The quantitative estimate of drug-likeness (QED) is 0.780. The lowest BCUT2D eigenvalue weighted by atomic mass is 9.92. The Kier molecular flexibility index (Phi) is 3.17. The van der Waals surface area contributed by atoms with Gasteiger partial charge in [-0.3, -0.25) is 0 Å². The molecule has 1 saturated heterocycles. The van der Waals surface area contributed by atoms with Crippen molar-refractivity contribution < 1.29 is 4.74 Å². The highest BCUT2D eigenvalue weighted by Gasteiger charge is 2.17. The van der Waals surface area contributed by atoms with E-state index >= 15 is 0 Å². The molecule has 1 aromatic rings. The van der Waals surface area contributed by atoms with Crippen molar-refractivity contribution in [1.82, 2.24) is 5.32 Å². The van der Waals surface area contributed by atoms with Gasteiger partial charge in [0, 0.05) is 7.11 Å². The lowest BCUT2D eigenvalue weighted by molar-refractivity contribution is 0.183. The maximum absolute atomic E-state index is 5.19. The maximum Gasteiger partial charge on any atom is 0.0715 e. The predicted molar refractivity (Wildman–Crippen MR) is 57.2 cm³/mol. The van der Waals surface area contributed by atoms with Crippen LogP contribution in [0.3, 0.4) is 0 Å². The molecule has 0 spiro atoms. The number of hydrogen-bond acceptors (Lipinski definition) is 2. The summed E-state index contributed by atoms with van der Waals surface area (Å²) in [6, 6.07) is 8.56. The predicted octanol–water partition coefficient (Wildman–Crippen LogP) is 1.59. The second-order valence-electron chi connectivity index (χ2n) is 3.93. The molecule has 0 bridgehead atoms. The van der Waals surface area contributed by atoms with Gasteiger partial charge in [-0.2, -0.15) is 0 Å². The first-order valence-electron chi connectivity index (χ1n) is 5.16. The third kappa shape index (κ3) is 2.14. The van der Waals surface area contributed by atoms with Crippen LogP contribution in [0.1, 0.15) is 11.1 Å². The van der Waals surface area contributed by atoms with Crippen molar-refractivity contribution in [3.05, 3.63) is 35.4 Å². The van der Waals surface area contributed by atoms with Crippen molar-refractivity contribution >= 4 is 0 Å². The SMILES string of the molecule is COCc1ccccc1CC1CNC1. The Hall–Kier alpha value is -0.860. The molecule has 76 valence electrons. The highest BCUT2D eigenvalue weighted by Crippen LogP contribution is 2.17. The fourth-order valence-electron chi connectivity index (χ4n) is 1.86. The lowest BCUT2D eigenvalue weighted by Crippen LogP contribution is -2.43. The van der Waals surface area contributed by atoms with Crippen LogP contribution in [0.4, 0.5) is 0 Å². The van der Waals surface area contributed by atoms with Gasteiger partial charge in [-0.25, -0.2) is 0 Å². The summed E-state index contributed by atoms with van der Waals surface area (Å²) in [6.45, 7) is 3.07. The van der Waals surface area contributed by atoms with Gasteiger partial charge in [0.2, 0.25) is 0 Å². The first-order valence-corrected chi connectivity index (χ1v) is 5.16. The molecule has 1 aromatic carbocycles. The molecule has 1 heterocycles. The monoisotopic (exact) mass is 191 g/mol. The second kappa shape index (κ2) is 4.58. The molecule has 0 aliphatic carbocycles. The van der Waals surface area contributed by atoms with Crippen LogP contribution in [0.2, 0.25) is 0 Å². The zero-order chi connectivity index (χ0) is 9.80. The molecule has 0 amide bonds. The van der Waals surface area contributed by atoms with Gasteiger partial charge in [-0.05, 0) is 36.6 Å². The Labute approximate surface area is 85.3 Å². The average molecular weight is 191 g/mol. The first kappa shape index (κ1) is 9.69. The molecular weight excluding hydrogens is 174 g/mol. The van der Waals surface area contributed by atoms with Crippen LogP contribution in [0.15, 0.2) is 24.3 Å². The third-order valence-electron chi connectivity index (χ3n) is 2.79. The first-order chi connectivity index (χ1) is 6.90. The summed E-state index contributed by atoms with van der Waals surface area (Å²) in [7, 11) is 1.75. The molecule has 2 rings (SSSR count). The Morgan fingerprint density at radius 2 is 2.00 bits per heavy atom. The fraction of sp³-hybridized carbons (Fsp3) is 0.500. The summed E-state index contributed by atoms with van der Waals surface area (Å²) in [6.07, 6.45) is 1.19. The molecule has 1 aliphatic heterocycles. The molecule has 0 aromatic heterocycles. The van der Waals surface area contributed by atoms with Gasteiger partial charge >= 0.3 is 0 Å². The summed E-state index contributed by atoms with van der Waals surface area (Å²) >= 11 is 0. The molecule has 1 fully saturated rings. The molecule has 0 saturated carbocycles. The van der Waals surface area contributed by atoms with Gasteiger partial charge in [0.15, 0.2) is 0 Å².